The van der Waals surface area contributed by atoms with Crippen LogP contribution in [0, 0.1) is 0 Å². The minimum Gasteiger partial charge on any atom is -0.491 e. The van der Waals surface area contributed by atoms with Gasteiger partial charge in [-0.1, -0.05) is 18.2 Å². The highest BCUT2D eigenvalue weighted by Crippen LogP contribution is 2.29. The van der Waals surface area contributed by atoms with Gasteiger partial charge in [0.25, 0.3) is 0 Å². The van der Waals surface area contributed by atoms with E-state index in [1.54, 1.807) is 24.3 Å². The Morgan fingerprint density at radius 1 is 1.12 bits per heavy atom. The van der Waals surface area contributed by atoms with Crippen molar-refractivity contribution in [1.29, 1.82) is 0 Å². The molecule has 0 unspecified atom stereocenters. The van der Waals surface area contributed by atoms with Crippen LogP contribution in [0.15, 0.2) is 65.7 Å². The van der Waals surface area contributed by atoms with Crippen LogP contribution in [-0.4, -0.2) is 47.6 Å². The number of nitrogens with zero attached hydrogens (tertiary/aromatic N) is 2. The summed E-state index contributed by atoms with van der Waals surface area (Å²) in [5, 5.41) is 10.1. The Morgan fingerprint density at radius 3 is 2.47 bits per heavy atom. The zero-order valence-corrected chi connectivity index (χ0v) is 18.9. The molecule has 168 valence electrons. The molecule has 0 radical (unpaired) electrons. The van der Waals surface area contributed by atoms with Crippen LogP contribution >= 0.6 is 0 Å². The van der Waals surface area contributed by atoms with Crippen LogP contribution in [0.25, 0.3) is 16.6 Å². The van der Waals surface area contributed by atoms with E-state index < -0.39 is 16.0 Å². The molecule has 0 aliphatic carbocycles. The Bertz CT molecular complexity index is 1270. The Labute approximate surface area is 187 Å². The minimum atomic E-state index is -3.62. The molecule has 32 heavy (non-hydrogen) atoms. The van der Waals surface area contributed by atoms with Crippen LogP contribution in [0.5, 0.6) is 5.75 Å². The molecule has 0 fully saturated rings. The van der Waals surface area contributed by atoms with E-state index in [1.807, 2.05) is 55.0 Å². The molecule has 1 aromatic heterocycles. The first-order valence-corrected chi connectivity index (χ1v) is 12.0. The highest BCUT2D eigenvalue weighted by molar-refractivity contribution is 7.89. The lowest BCUT2D eigenvalue weighted by atomic mass is 10.1. The zero-order valence-electron chi connectivity index (χ0n) is 18.1. The van der Waals surface area contributed by atoms with E-state index >= 15 is 0 Å². The summed E-state index contributed by atoms with van der Waals surface area (Å²) in [4.78, 5) is 11.5. The quantitative estimate of drug-likeness (QED) is 0.583. The van der Waals surface area contributed by atoms with Gasteiger partial charge in [-0.25, -0.2) is 8.42 Å². The molecule has 4 rings (SSSR count). The first-order valence-electron chi connectivity index (χ1n) is 10.5. The SMILES string of the molecule is CC(C)Oc1ccc(S(=O)(=O)N2CC=C(n3cc(CC(=O)O)c4ccccc43)CC2)cc1. The standard InChI is InChI=1S/C24H26N2O5S/c1-17(2)31-20-7-9-21(10-8-20)32(29,30)25-13-11-19(12-14-25)26-16-18(15-24(27)28)22-5-3-4-6-23(22)26/h3-11,16-17H,12-15H2,1-2H3,(H,27,28). The molecule has 8 heteroatoms. The van der Waals surface area contributed by atoms with Gasteiger partial charge < -0.3 is 14.4 Å². The lowest BCUT2D eigenvalue weighted by Crippen LogP contribution is -2.35. The third kappa shape index (κ3) is 4.42. The largest absolute Gasteiger partial charge is 0.491 e. The third-order valence-corrected chi connectivity index (χ3v) is 7.31. The summed E-state index contributed by atoms with van der Waals surface area (Å²) in [5.41, 5.74) is 2.63. The Balaban J connectivity index is 1.57. The summed E-state index contributed by atoms with van der Waals surface area (Å²) < 4.78 is 35.2. The summed E-state index contributed by atoms with van der Waals surface area (Å²) in [6.45, 7) is 4.43. The number of carboxylic acids is 1. The smallest absolute Gasteiger partial charge is 0.307 e. The molecule has 0 saturated carbocycles. The van der Waals surface area contributed by atoms with Gasteiger partial charge >= 0.3 is 5.97 Å². The lowest BCUT2D eigenvalue weighted by molar-refractivity contribution is -0.136. The zero-order chi connectivity index (χ0) is 22.9. The van der Waals surface area contributed by atoms with Crippen molar-refractivity contribution >= 4 is 32.6 Å². The number of sulfonamides is 1. The maximum absolute atomic E-state index is 13.1. The number of benzene rings is 2. The van der Waals surface area contributed by atoms with Crippen LogP contribution in [0.1, 0.15) is 25.8 Å². The van der Waals surface area contributed by atoms with Gasteiger partial charge in [0.1, 0.15) is 5.75 Å². The second kappa shape index (κ2) is 8.80. The number of aromatic nitrogens is 1. The van der Waals surface area contributed by atoms with E-state index in [0.29, 0.717) is 18.7 Å². The van der Waals surface area contributed by atoms with Crippen molar-refractivity contribution in [3.8, 4) is 5.75 Å². The van der Waals surface area contributed by atoms with Gasteiger partial charge in [-0.15, -0.1) is 0 Å². The number of hydrogen-bond acceptors (Lipinski definition) is 4. The predicted molar refractivity (Wildman–Crippen MR) is 123 cm³/mol. The fraction of sp³-hybridized carbons (Fsp3) is 0.292. The first kappa shape index (κ1) is 22.1. The fourth-order valence-corrected chi connectivity index (χ4v) is 5.36. The molecule has 2 heterocycles. The number of ether oxygens (including phenoxy) is 1. The van der Waals surface area contributed by atoms with Crippen molar-refractivity contribution in [3.63, 3.8) is 0 Å². The van der Waals surface area contributed by atoms with E-state index in [0.717, 1.165) is 22.2 Å². The van der Waals surface area contributed by atoms with Crippen LogP contribution < -0.4 is 4.74 Å². The predicted octanol–water partition coefficient (Wildman–Crippen LogP) is 3.99. The number of hydrogen-bond donors (Lipinski definition) is 1. The summed E-state index contributed by atoms with van der Waals surface area (Å²) >= 11 is 0. The molecule has 1 aliphatic heterocycles. The van der Waals surface area contributed by atoms with Gasteiger partial charge in [0.15, 0.2) is 0 Å². The van der Waals surface area contributed by atoms with Crippen LogP contribution in [-0.2, 0) is 21.2 Å². The maximum Gasteiger partial charge on any atom is 0.307 e. The molecular formula is C24H26N2O5S. The van der Waals surface area contributed by atoms with Gasteiger partial charge in [0.2, 0.25) is 10.0 Å². The molecule has 1 N–H and O–H groups in total. The van der Waals surface area contributed by atoms with Crippen LogP contribution in [0.4, 0.5) is 0 Å². The van der Waals surface area contributed by atoms with E-state index in [4.69, 9.17) is 4.74 Å². The van der Waals surface area contributed by atoms with Gasteiger partial charge in [-0.05, 0) is 55.8 Å². The number of para-hydroxylation sites is 1. The number of rotatable bonds is 7. The second-order valence-electron chi connectivity index (χ2n) is 8.06. The van der Waals surface area contributed by atoms with Crippen molar-refractivity contribution in [3.05, 3.63) is 66.4 Å². The molecule has 0 bridgehead atoms. The van der Waals surface area contributed by atoms with E-state index in [1.165, 1.54) is 4.31 Å². The van der Waals surface area contributed by atoms with Gasteiger partial charge in [0.05, 0.1) is 22.9 Å². The molecule has 7 nitrogen and oxygen atoms in total. The maximum atomic E-state index is 13.1. The highest BCUT2D eigenvalue weighted by atomic mass is 32.2. The van der Waals surface area contributed by atoms with Crippen LogP contribution in [0.2, 0.25) is 0 Å². The monoisotopic (exact) mass is 454 g/mol. The Kier molecular flexibility index (Phi) is 6.08. The van der Waals surface area contributed by atoms with Crippen molar-refractivity contribution < 1.29 is 23.1 Å². The second-order valence-corrected chi connectivity index (χ2v) is 10.00. The molecule has 3 aromatic rings. The van der Waals surface area contributed by atoms with Gasteiger partial charge in [0, 0.05) is 36.8 Å². The summed E-state index contributed by atoms with van der Waals surface area (Å²) in [6.07, 6.45) is 4.23. The molecule has 0 saturated heterocycles. The summed E-state index contributed by atoms with van der Waals surface area (Å²) in [5.74, 6) is -0.246. The van der Waals surface area contributed by atoms with Crippen molar-refractivity contribution in [2.75, 3.05) is 13.1 Å². The topological polar surface area (TPSA) is 88.8 Å². The Hall–Kier alpha value is -3.10. The van der Waals surface area contributed by atoms with E-state index in [-0.39, 0.29) is 24.0 Å². The molecular weight excluding hydrogens is 428 g/mol. The highest BCUT2D eigenvalue weighted by Gasteiger charge is 2.27. The average Bonchev–Trinajstić information content (AvgIpc) is 3.12. The molecule has 1 aliphatic rings. The number of carbonyl (C=O) groups is 1. The molecule has 2 aromatic carbocycles. The van der Waals surface area contributed by atoms with E-state index in [2.05, 4.69) is 0 Å². The van der Waals surface area contributed by atoms with Crippen molar-refractivity contribution in [2.45, 2.75) is 37.7 Å². The van der Waals surface area contributed by atoms with Gasteiger partial charge in [-0.2, -0.15) is 4.31 Å². The van der Waals surface area contributed by atoms with E-state index in [9.17, 15) is 18.3 Å². The minimum absolute atomic E-state index is 0.0175. The number of aliphatic carboxylic acids is 1. The van der Waals surface area contributed by atoms with Crippen LogP contribution in [0.3, 0.4) is 0 Å². The number of carboxylic acid groups (broad SMARTS) is 1. The fourth-order valence-electron chi connectivity index (χ4n) is 3.98. The first-order chi connectivity index (χ1) is 15.3. The van der Waals surface area contributed by atoms with Gasteiger partial charge in [-0.3, -0.25) is 4.79 Å². The number of fused-ring (bicyclic) bond motifs is 1. The molecule has 0 atom stereocenters. The molecule has 0 amide bonds. The summed E-state index contributed by atoms with van der Waals surface area (Å²) in [6, 6.07) is 14.2. The Morgan fingerprint density at radius 2 is 1.84 bits per heavy atom. The normalized spacial score (nSPS) is 15.2. The summed E-state index contributed by atoms with van der Waals surface area (Å²) in [7, 11) is -3.62. The average molecular weight is 455 g/mol. The third-order valence-electron chi connectivity index (χ3n) is 5.43. The van der Waals surface area contributed by atoms with Crippen molar-refractivity contribution in [2.24, 2.45) is 0 Å². The molecule has 0 spiro atoms. The van der Waals surface area contributed by atoms with Crippen molar-refractivity contribution in [1.82, 2.24) is 8.87 Å². The lowest BCUT2D eigenvalue weighted by Gasteiger charge is -2.26.